The number of hydrogen-bond acceptors (Lipinski definition) is 7. The van der Waals surface area contributed by atoms with Gasteiger partial charge in [0.2, 0.25) is 16.8 Å². The Bertz CT molecular complexity index is 1070. The first-order valence-electron chi connectivity index (χ1n) is 10.7. The highest BCUT2D eigenvalue weighted by molar-refractivity contribution is 7.89. The normalized spacial score (nSPS) is 20.7. The van der Waals surface area contributed by atoms with E-state index >= 15 is 0 Å². The third-order valence-corrected chi connectivity index (χ3v) is 6.43. The molecule has 0 aromatic heterocycles. The molecule has 9 heteroatoms. The topological polar surface area (TPSA) is 103 Å². The van der Waals surface area contributed by atoms with Gasteiger partial charge in [-0.3, -0.25) is 9.52 Å². The first-order chi connectivity index (χ1) is 15.3. The second-order valence-electron chi connectivity index (χ2n) is 8.33. The summed E-state index contributed by atoms with van der Waals surface area (Å²) in [7, 11) is -3.58. The van der Waals surface area contributed by atoms with Crippen LogP contribution in [0.25, 0.3) is 0 Å². The van der Waals surface area contributed by atoms with Crippen LogP contribution in [0.3, 0.4) is 0 Å². The minimum absolute atomic E-state index is 0.157. The number of benzene rings is 2. The van der Waals surface area contributed by atoms with Crippen molar-refractivity contribution < 1.29 is 27.4 Å². The summed E-state index contributed by atoms with van der Waals surface area (Å²) in [5.74, 6) is 1.91. The number of hydrogen-bond donors (Lipinski definition) is 2. The second-order valence-corrected chi connectivity index (χ2v) is 10.1. The molecule has 32 heavy (non-hydrogen) atoms. The lowest BCUT2D eigenvalue weighted by molar-refractivity contribution is -0.121. The minimum atomic E-state index is -3.58. The maximum absolute atomic E-state index is 11.6. The molecule has 0 saturated heterocycles. The van der Waals surface area contributed by atoms with Gasteiger partial charge in [-0.2, -0.15) is 0 Å². The van der Waals surface area contributed by atoms with Crippen molar-refractivity contribution in [1.29, 1.82) is 0 Å². The smallest absolute Gasteiger partial charge is 0.271 e. The molecule has 2 aromatic carbocycles. The lowest BCUT2D eigenvalue weighted by Gasteiger charge is -2.21. The Kier molecular flexibility index (Phi) is 6.57. The van der Waals surface area contributed by atoms with E-state index in [2.05, 4.69) is 18.3 Å². The van der Waals surface area contributed by atoms with Gasteiger partial charge in [-0.25, -0.2) is 8.42 Å². The van der Waals surface area contributed by atoms with E-state index in [1.807, 2.05) is 41.1 Å². The summed E-state index contributed by atoms with van der Waals surface area (Å²) in [6.45, 7) is 2.07. The average Bonchev–Trinajstić information content (AvgIpc) is 3.40. The van der Waals surface area contributed by atoms with Gasteiger partial charge in [0, 0.05) is 17.6 Å². The van der Waals surface area contributed by atoms with E-state index in [0.717, 1.165) is 42.6 Å². The standard InChI is InChI=1S/C23H28N2O6S/c1-15(20-4-3-5-21-23(20)31-14-30-21)24-18-9-6-17(12-18)16-7-10-19(11-8-16)29-13-22(26)25-32(2,27)28/h3-5,7-8,10-11,15,17-18,24H,6,9,12-14H2,1-2H3,(H,25,26)/t15-,17+,18?/m0/s1. The van der Waals surface area contributed by atoms with Crippen LogP contribution in [0.1, 0.15) is 49.3 Å². The molecule has 0 spiro atoms. The van der Waals surface area contributed by atoms with Crippen molar-refractivity contribution >= 4 is 15.9 Å². The maximum Gasteiger partial charge on any atom is 0.271 e. The number of nitrogens with one attached hydrogen (secondary N) is 2. The molecule has 2 aromatic rings. The molecule has 0 radical (unpaired) electrons. The molecule has 1 saturated carbocycles. The molecule has 8 nitrogen and oxygen atoms in total. The van der Waals surface area contributed by atoms with E-state index in [0.29, 0.717) is 17.7 Å². The van der Waals surface area contributed by atoms with Crippen molar-refractivity contribution in [1.82, 2.24) is 10.0 Å². The van der Waals surface area contributed by atoms with Crippen molar-refractivity contribution in [3.8, 4) is 17.2 Å². The molecule has 1 unspecified atom stereocenters. The van der Waals surface area contributed by atoms with Gasteiger partial charge in [0.25, 0.3) is 5.91 Å². The van der Waals surface area contributed by atoms with E-state index in [1.165, 1.54) is 5.56 Å². The van der Waals surface area contributed by atoms with Crippen LogP contribution in [0.5, 0.6) is 17.2 Å². The molecular formula is C23H28N2O6S. The molecule has 3 atom stereocenters. The lowest BCUT2D eigenvalue weighted by Crippen LogP contribution is -2.33. The minimum Gasteiger partial charge on any atom is -0.484 e. The Morgan fingerprint density at radius 1 is 1.16 bits per heavy atom. The van der Waals surface area contributed by atoms with Crippen LogP contribution in [-0.2, 0) is 14.8 Å². The van der Waals surface area contributed by atoms with E-state index < -0.39 is 15.9 Å². The fourth-order valence-corrected chi connectivity index (χ4v) is 4.87. The number of fused-ring (bicyclic) bond motifs is 1. The van der Waals surface area contributed by atoms with Gasteiger partial charge in [-0.15, -0.1) is 0 Å². The van der Waals surface area contributed by atoms with Crippen molar-refractivity contribution in [2.24, 2.45) is 0 Å². The molecule has 2 N–H and O–H groups in total. The third-order valence-electron chi connectivity index (χ3n) is 5.83. The van der Waals surface area contributed by atoms with Gasteiger partial charge in [0.15, 0.2) is 18.1 Å². The third kappa shape index (κ3) is 5.52. The molecule has 172 valence electrons. The molecule has 1 aliphatic carbocycles. The molecule has 0 bridgehead atoms. The van der Waals surface area contributed by atoms with Gasteiger partial charge in [-0.05, 0) is 55.9 Å². The molecular weight excluding hydrogens is 432 g/mol. The van der Waals surface area contributed by atoms with Gasteiger partial charge in [0.1, 0.15) is 5.75 Å². The van der Waals surface area contributed by atoms with Crippen LogP contribution in [-0.4, -0.2) is 40.0 Å². The van der Waals surface area contributed by atoms with Gasteiger partial charge in [0.05, 0.1) is 6.26 Å². The molecule has 4 rings (SSSR count). The summed E-state index contributed by atoms with van der Waals surface area (Å²) in [6, 6.07) is 14.2. The van der Waals surface area contributed by atoms with Gasteiger partial charge >= 0.3 is 0 Å². The number of rotatable bonds is 8. The summed E-state index contributed by atoms with van der Waals surface area (Å²) >= 11 is 0. The quantitative estimate of drug-likeness (QED) is 0.624. The highest BCUT2D eigenvalue weighted by Gasteiger charge is 2.28. The first kappa shape index (κ1) is 22.4. The van der Waals surface area contributed by atoms with Crippen LogP contribution in [0.2, 0.25) is 0 Å². The second kappa shape index (κ2) is 9.38. The lowest BCUT2D eigenvalue weighted by atomic mass is 9.97. The Morgan fingerprint density at radius 3 is 2.69 bits per heavy atom. The fourth-order valence-electron chi connectivity index (χ4n) is 4.39. The Balaban J connectivity index is 1.29. The molecule has 1 heterocycles. The van der Waals surface area contributed by atoms with E-state index in [-0.39, 0.29) is 19.4 Å². The Hall–Kier alpha value is -2.78. The van der Waals surface area contributed by atoms with Gasteiger partial charge < -0.3 is 19.5 Å². The van der Waals surface area contributed by atoms with Crippen molar-refractivity contribution in [3.05, 3.63) is 53.6 Å². The van der Waals surface area contributed by atoms with Crippen molar-refractivity contribution in [3.63, 3.8) is 0 Å². The summed E-state index contributed by atoms with van der Waals surface area (Å²) < 4.78 is 40.5. The predicted octanol–water partition coefficient (Wildman–Crippen LogP) is 2.86. The number of amides is 1. The Morgan fingerprint density at radius 2 is 1.94 bits per heavy atom. The van der Waals surface area contributed by atoms with Crippen LogP contribution in [0.15, 0.2) is 42.5 Å². The monoisotopic (exact) mass is 460 g/mol. The highest BCUT2D eigenvalue weighted by Crippen LogP contribution is 2.40. The molecule has 1 aliphatic heterocycles. The SMILES string of the molecule is C[C@H](NC1CC[C@@H](c2ccc(OCC(=O)NS(C)(=O)=O)cc2)C1)c1cccc2c1OCO2. The first-order valence-corrected chi connectivity index (χ1v) is 12.6. The van der Waals surface area contributed by atoms with Crippen molar-refractivity contribution in [2.75, 3.05) is 19.7 Å². The zero-order valence-electron chi connectivity index (χ0n) is 18.2. The zero-order valence-corrected chi connectivity index (χ0v) is 19.0. The predicted molar refractivity (Wildman–Crippen MR) is 119 cm³/mol. The Labute approximate surface area is 188 Å². The maximum atomic E-state index is 11.6. The van der Waals surface area contributed by atoms with Crippen LogP contribution >= 0.6 is 0 Å². The molecule has 1 fully saturated rings. The highest BCUT2D eigenvalue weighted by atomic mass is 32.2. The summed E-state index contributed by atoms with van der Waals surface area (Å²) in [5, 5.41) is 3.73. The van der Waals surface area contributed by atoms with Crippen LogP contribution in [0, 0.1) is 0 Å². The number of carbonyl (C=O) groups is 1. The zero-order chi connectivity index (χ0) is 22.7. The molecule has 2 aliphatic rings. The number of ether oxygens (including phenoxy) is 3. The summed E-state index contributed by atoms with van der Waals surface area (Å²) in [5.41, 5.74) is 2.34. The fraction of sp³-hybridized carbons (Fsp3) is 0.435. The van der Waals surface area contributed by atoms with Crippen molar-refractivity contribution in [2.45, 2.75) is 44.2 Å². The number of sulfonamides is 1. The number of para-hydroxylation sites is 1. The van der Waals surface area contributed by atoms with E-state index in [9.17, 15) is 13.2 Å². The van der Waals surface area contributed by atoms with E-state index in [4.69, 9.17) is 14.2 Å². The summed E-state index contributed by atoms with van der Waals surface area (Å²) in [6.07, 6.45) is 4.14. The molecule has 1 amide bonds. The average molecular weight is 461 g/mol. The van der Waals surface area contributed by atoms with Gasteiger partial charge in [-0.1, -0.05) is 24.3 Å². The largest absolute Gasteiger partial charge is 0.484 e. The summed E-state index contributed by atoms with van der Waals surface area (Å²) in [4.78, 5) is 11.6. The van der Waals surface area contributed by atoms with Crippen LogP contribution < -0.4 is 24.2 Å². The number of carbonyl (C=O) groups excluding carboxylic acids is 1. The van der Waals surface area contributed by atoms with E-state index in [1.54, 1.807) is 0 Å². The van der Waals surface area contributed by atoms with Crippen LogP contribution in [0.4, 0.5) is 0 Å².